The fourth-order valence-electron chi connectivity index (χ4n) is 2.63. The third kappa shape index (κ3) is 4.30. The third-order valence-corrected chi connectivity index (χ3v) is 4.06. The summed E-state index contributed by atoms with van der Waals surface area (Å²) in [6.07, 6.45) is 1.46. The van der Waals surface area contributed by atoms with Crippen LogP contribution in [0.3, 0.4) is 0 Å². The van der Waals surface area contributed by atoms with Crippen LogP contribution in [0.15, 0.2) is 41.4 Å². The average Bonchev–Trinajstić information content (AvgIpc) is 2.67. The minimum atomic E-state index is -0.465. The molecule has 2 aromatic carbocycles. The maximum absolute atomic E-state index is 11.3. The van der Waals surface area contributed by atoms with Crippen LogP contribution in [0.4, 0.5) is 17.1 Å². The largest absolute Gasteiger partial charge is 0.493 e. The molecule has 2 aromatic rings. The second kappa shape index (κ2) is 8.84. The highest BCUT2D eigenvalue weighted by molar-refractivity contribution is 5.88. The van der Waals surface area contributed by atoms with E-state index >= 15 is 0 Å². The maximum atomic E-state index is 11.3. The zero-order chi connectivity index (χ0) is 19.1. The molecule has 138 valence electrons. The summed E-state index contributed by atoms with van der Waals surface area (Å²) < 4.78 is 10.3. The van der Waals surface area contributed by atoms with Crippen LogP contribution in [-0.2, 0) is 0 Å². The number of hydrogen-bond acceptors (Lipinski definition) is 6. The first kappa shape index (κ1) is 19.2. The third-order valence-electron chi connectivity index (χ3n) is 4.06. The molecule has 7 heteroatoms. The molecule has 0 spiro atoms. The van der Waals surface area contributed by atoms with E-state index in [1.807, 2.05) is 24.3 Å². The molecule has 26 heavy (non-hydrogen) atoms. The van der Waals surface area contributed by atoms with E-state index < -0.39 is 4.92 Å². The first-order chi connectivity index (χ1) is 12.5. The number of benzene rings is 2. The standard InChI is InChI=1S/C19H23N3O4/c1-5-21(6-2)16-9-7-15(8-10-16)20-13-14-11-18(25-3)19(26-4)12-17(14)22(23)24/h7-13H,5-6H2,1-4H3. The lowest BCUT2D eigenvalue weighted by atomic mass is 10.1. The summed E-state index contributed by atoms with van der Waals surface area (Å²) >= 11 is 0. The Morgan fingerprint density at radius 3 is 2.15 bits per heavy atom. The van der Waals surface area contributed by atoms with Gasteiger partial charge in [0.25, 0.3) is 5.69 Å². The van der Waals surface area contributed by atoms with Crippen LogP contribution in [-0.4, -0.2) is 38.4 Å². The van der Waals surface area contributed by atoms with Gasteiger partial charge in [-0.05, 0) is 44.2 Å². The summed E-state index contributed by atoms with van der Waals surface area (Å²) in [6.45, 7) is 6.06. The zero-order valence-corrected chi connectivity index (χ0v) is 15.4. The van der Waals surface area contributed by atoms with Crippen molar-refractivity contribution in [2.75, 3.05) is 32.2 Å². The Balaban J connectivity index is 2.33. The van der Waals surface area contributed by atoms with Gasteiger partial charge in [0.1, 0.15) is 0 Å². The van der Waals surface area contributed by atoms with E-state index in [0.717, 1.165) is 18.8 Å². The van der Waals surface area contributed by atoms with E-state index in [2.05, 4.69) is 23.7 Å². The SMILES string of the molecule is CCN(CC)c1ccc(N=Cc2cc(OC)c(OC)cc2[N+](=O)[O-])cc1. The van der Waals surface area contributed by atoms with Crippen LogP contribution in [0.5, 0.6) is 11.5 Å². The number of ether oxygens (including phenoxy) is 2. The van der Waals surface area contributed by atoms with Crippen LogP contribution in [0.1, 0.15) is 19.4 Å². The number of nitrogens with zero attached hydrogens (tertiary/aromatic N) is 3. The predicted molar refractivity (Wildman–Crippen MR) is 103 cm³/mol. The van der Waals surface area contributed by atoms with Crippen molar-refractivity contribution in [2.45, 2.75) is 13.8 Å². The summed E-state index contributed by atoms with van der Waals surface area (Å²) in [5, 5.41) is 11.3. The van der Waals surface area contributed by atoms with E-state index in [4.69, 9.17) is 9.47 Å². The number of anilines is 1. The molecule has 0 N–H and O–H groups in total. The number of aliphatic imine (C=N–C) groups is 1. The summed E-state index contributed by atoms with van der Waals surface area (Å²) in [6, 6.07) is 10.6. The van der Waals surface area contributed by atoms with E-state index in [0.29, 0.717) is 22.7 Å². The van der Waals surface area contributed by atoms with Gasteiger partial charge in [-0.1, -0.05) is 0 Å². The Bertz CT molecular complexity index is 784. The average molecular weight is 357 g/mol. The molecule has 0 saturated carbocycles. The van der Waals surface area contributed by atoms with Crippen molar-refractivity contribution >= 4 is 23.3 Å². The van der Waals surface area contributed by atoms with Crippen molar-refractivity contribution < 1.29 is 14.4 Å². The molecule has 0 aliphatic carbocycles. The molecule has 0 saturated heterocycles. The van der Waals surface area contributed by atoms with Gasteiger partial charge in [-0.15, -0.1) is 0 Å². The Hall–Kier alpha value is -3.09. The molecule has 0 fully saturated rings. The van der Waals surface area contributed by atoms with Crippen molar-refractivity contribution in [3.8, 4) is 11.5 Å². The molecule has 0 aromatic heterocycles. The van der Waals surface area contributed by atoms with Crippen LogP contribution < -0.4 is 14.4 Å². The fraction of sp³-hybridized carbons (Fsp3) is 0.316. The molecule has 0 amide bonds. The number of hydrogen-bond donors (Lipinski definition) is 0. The van der Waals surface area contributed by atoms with Gasteiger partial charge in [-0.2, -0.15) is 0 Å². The van der Waals surface area contributed by atoms with E-state index in [-0.39, 0.29) is 5.69 Å². The lowest BCUT2D eigenvalue weighted by Gasteiger charge is -2.20. The molecule has 0 aliphatic heterocycles. The Morgan fingerprint density at radius 2 is 1.65 bits per heavy atom. The second-order valence-corrected chi connectivity index (χ2v) is 5.47. The van der Waals surface area contributed by atoms with Gasteiger partial charge in [0, 0.05) is 25.0 Å². The number of rotatable bonds is 8. The van der Waals surface area contributed by atoms with Crippen LogP contribution >= 0.6 is 0 Å². The van der Waals surface area contributed by atoms with Gasteiger partial charge >= 0.3 is 0 Å². The number of methoxy groups -OCH3 is 2. The molecule has 0 unspecified atom stereocenters. The summed E-state index contributed by atoms with van der Waals surface area (Å²) in [5.74, 6) is 0.719. The molecule has 0 bridgehead atoms. The highest BCUT2D eigenvalue weighted by Crippen LogP contribution is 2.34. The van der Waals surface area contributed by atoms with E-state index in [1.54, 1.807) is 6.07 Å². The van der Waals surface area contributed by atoms with Crippen molar-refractivity contribution in [3.63, 3.8) is 0 Å². The van der Waals surface area contributed by atoms with Gasteiger partial charge in [0.05, 0.1) is 36.5 Å². The summed E-state index contributed by atoms with van der Waals surface area (Å²) in [4.78, 5) is 17.5. The predicted octanol–water partition coefficient (Wildman–Crippen LogP) is 4.21. The highest BCUT2D eigenvalue weighted by Gasteiger charge is 2.18. The van der Waals surface area contributed by atoms with Gasteiger partial charge < -0.3 is 14.4 Å². The molecule has 0 atom stereocenters. The van der Waals surface area contributed by atoms with Crippen molar-refractivity contribution in [3.05, 3.63) is 52.1 Å². The van der Waals surface area contributed by atoms with E-state index in [9.17, 15) is 10.1 Å². The lowest BCUT2D eigenvalue weighted by molar-refractivity contribution is -0.385. The number of nitro benzene ring substituents is 1. The molecule has 0 aliphatic rings. The quantitative estimate of drug-likeness (QED) is 0.402. The van der Waals surface area contributed by atoms with Crippen LogP contribution in [0.25, 0.3) is 0 Å². The minimum Gasteiger partial charge on any atom is -0.493 e. The Labute approximate surface area is 153 Å². The second-order valence-electron chi connectivity index (χ2n) is 5.47. The van der Waals surface area contributed by atoms with Crippen molar-refractivity contribution in [2.24, 2.45) is 4.99 Å². The van der Waals surface area contributed by atoms with E-state index in [1.165, 1.54) is 26.5 Å². The topological polar surface area (TPSA) is 77.2 Å². The van der Waals surface area contributed by atoms with Crippen LogP contribution in [0.2, 0.25) is 0 Å². The molecule has 0 radical (unpaired) electrons. The fourth-order valence-corrected chi connectivity index (χ4v) is 2.63. The Kier molecular flexibility index (Phi) is 6.54. The van der Waals surface area contributed by atoms with Crippen molar-refractivity contribution in [1.82, 2.24) is 0 Å². The van der Waals surface area contributed by atoms with Crippen LogP contribution in [0, 0.1) is 10.1 Å². The first-order valence-corrected chi connectivity index (χ1v) is 8.33. The normalized spacial score (nSPS) is 10.8. The molecule has 7 nitrogen and oxygen atoms in total. The summed E-state index contributed by atoms with van der Waals surface area (Å²) in [7, 11) is 2.92. The highest BCUT2D eigenvalue weighted by atomic mass is 16.6. The first-order valence-electron chi connectivity index (χ1n) is 8.33. The van der Waals surface area contributed by atoms with Gasteiger partial charge in [0.2, 0.25) is 0 Å². The van der Waals surface area contributed by atoms with Crippen molar-refractivity contribution in [1.29, 1.82) is 0 Å². The molecule has 0 heterocycles. The molecule has 2 rings (SSSR count). The lowest BCUT2D eigenvalue weighted by Crippen LogP contribution is -2.21. The Morgan fingerprint density at radius 1 is 1.08 bits per heavy atom. The zero-order valence-electron chi connectivity index (χ0n) is 15.4. The monoisotopic (exact) mass is 357 g/mol. The number of nitro groups is 1. The smallest absolute Gasteiger partial charge is 0.282 e. The minimum absolute atomic E-state index is 0.0915. The van der Waals surface area contributed by atoms with Gasteiger partial charge in [-0.25, -0.2) is 0 Å². The molecular formula is C19H23N3O4. The summed E-state index contributed by atoms with van der Waals surface area (Å²) in [5.41, 5.74) is 2.09. The van der Waals surface area contributed by atoms with Gasteiger partial charge in [0.15, 0.2) is 11.5 Å². The maximum Gasteiger partial charge on any atom is 0.282 e. The van der Waals surface area contributed by atoms with Gasteiger partial charge in [-0.3, -0.25) is 15.1 Å². The molecular weight excluding hydrogens is 334 g/mol.